The van der Waals surface area contributed by atoms with Gasteiger partial charge in [-0.15, -0.1) is 0 Å². The van der Waals surface area contributed by atoms with Crippen molar-refractivity contribution >= 4 is 23.0 Å². The van der Waals surface area contributed by atoms with Crippen molar-refractivity contribution in [1.82, 2.24) is 19.5 Å². The van der Waals surface area contributed by atoms with Gasteiger partial charge in [0.25, 0.3) is 0 Å². The third-order valence-electron chi connectivity index (χ3n) is 7.62. The van der Waals surface area contributed by atoms with Crippen molar-refractivity contribution in [2.24, 2.45) is 17.8 Å². The zero-order valence-corrected chi connectivity index (χ0v) is 19.1. The summed E-state index contributed by atoms with van der Waals surface area (Å²) < 4.78 is 29.3. The zero-order chi connectivity index (χ0) is 25.0. The SMILES string of the molecule is N#Cc1c(-c2c[nH]c3ncc(F)cc23)nc(NC2C3CCC(CC3)[C@@H]2C(=O)O)n1-c1ccc(F)cc1. The first-order chi connectivity index (χ1) is 17.4. The number of carboxylic acids is 1. The maximum absolute atomic E-state index is 14.0. The fourth-order valence-electron chi connectivity index (χ4n) is 5.99. The van der Waals surface area contributed by atoms with Crippen molar-refractivity contribution in [3.05, 3.63) is 60.1 Å². The number of rotatable bonds is 5. The van der Waals surface area contributed by atoms with Crippen LogP contribution in [-0.2, 0) is 4.79 Å². The summed E-state index contributed by atoms with van der Waals surface area (Å²) in [5.74, 6) is -1.85. The zero-order valence-electron chi connectivity index (χ0n) is 19.1. The summed E-state index contributed by atoms with van der Waals surface area (Å²) in [6.07, 6.45) is 6.33. The number of pyridine rings is 1. The summed E-state index contributed by atoms with van der Waals surface area (Å²) in [6, 6.07) is 8.79. The first-order valence-corrected chi connectivity index (χ1v) is 11.9. The molecule has 36 heavy (non-hydrogen) atoms. The number of hydrogen-bond acceptors (Lipinski definition) is 5. The lowest BCUT2D eigenvalue weighted by Crippen LogP contribution is -2.51. The number of aliphatic carboxylic acids is 1. The van der Waals surface area contributed by atoms with Gasteiger partial charge in [0, 0.05) is 23.2 Å². The van der Waals surface area contributed by atoms with E-state index in [9.17, 15) is 23.9 Å². The van der Waals surface area contributed by atoms with Crippen LogP contribution in [0.1, 0.15) is 31.4 Å². The van der Waals surface area contributed by atoms with Crippen LogP contribution in [-0.4, -0.2) is 36.6 Å². The summed E-state index contributed by atoms with van der Waals surface area (Å²) in [6.45, 7) is 0. The summed E-state index contributed by atoms with van der Waals surface area (Å²) in [5.41, 5.74) is 1.86. The Morgan fingerprint density at radius 1 is 1.14 bits per heavy atom. The molecule has 8 nitrogen and oxygen atoms in total. The van der Waals surface area contributed by atoms with Crippen LogP contribution in [0.25, 0.3) is 28.0 Å². The summed E-state index contributed by atoms with van der Waals surface area (Å²) in [7, 11) is 0. The minimum atomic E-state index is -0.847. The number of nitrogens with one attached hydrogen (secondary N) is 2. The topological polar surface area (TPSA) is 120 Å². The lowest BCUT2D eigenvalue weighted by Gasteiger charge is -2.47. The van der Waals surface area contributed by atoms with Crippen molar-refractivity contribution in [2.45, 2.75) is 31.7 Å². The van der Waals surface area contributed by atoms with E-state index in [4.69, 9.17) is 4.98 Å². The van der Waals surface area contributed by atoms with Crippen LogP contribution >= 0.6 is 0 Å². The molecule has 3 N–H and O–H groups in total. The number of nitriles is 1. The molecule has 3 aliphatic carbocycles. The summed E-state index contributed by atoms with van der Waals surface area (Å²) in [4.78, 5) is 24.0. The molecule has 1 aromatic carbocycles. The number of aromatic amines is 1. The molecule has 3 heterocycles. The van der Waals surface area contributed by atoms with Crippen molar-refractivity contribution in [3.8, 4) is 23.0 Å². The van der Waals surface area contributed by atoms with Gasteiger partial charge in [-0.2, -0.15) is 5.26 Å². The minimum Gasteiger partial charge on any atom is -0.481 e. The fraction of sp³-hybridized carbons (Fsp3) is 0.308. The van der Waals surface area contributed by atoms with Crippen LogP contribution < -0.4 is 5.32 Å². The number of hydrogen-bond donors (Lipinski definition) is 3. The van der Waals surface area contributed by atoms with Crippen LogP contribution in [0.4, 0.5) is 14.7 Å². The molecule has 0 amide bonds. The van der Waals surface area contributed by atoms with Gasteiger partial charge in [-0.1, -0.05) is 0 Å². The molecule has 182 valence electrons. The lowest BCUT2D eigenvalue weighted by molar-refractivity contribution is -0.148. The van der Waals surface area contributed by atoms with Gasteiger partial charge in [-0.25, -0.2) is 18.7 Å². The maximum Gasteiger partial charge on any atom is 0.308 e. The predicted octanol–water partition coefficient (Wildman–Crippen LogP) is 4.87. The van der Waals surface area contributed by atoms with Crippen LogP contribution in [0.5, 0.6) is 0 Å². The Bertz CT molecular complexity index is 1510. The van der Waals surface area contributed by atoms with Gasteiger partial charge in [0.15, 0.2) is 5.69 Å². The third kappa shape index (κ3) is 3.50. The number of benzene rings is 1. The number of anilines is 1. The Balaban J connectivity index is 1.53. The molecule has 10 heteroatoms. The van der Waals surface area contributed by atoms with Crippen LogP contribution in [0.3, 0.4) is 0 Å². The second-order valence-electron chi connectivity index (χ2n) is 9.52. The first kappa shape index (κ1) is 22.2. The molecule has 3 saturated carbocycles. The molecule has 2 atom stereocenters. The highest BCUT2D eigenvalue weighted by Crippen LogP contribution is 2.47. The average molecular weight is 488 g/mol. The van der Waals surface area contributed by atoms with Crippen LogP contribution in [0.15, 0.2) is 42.7 Å². The number of carbonyl (C=O) groups is 1. The van der Waals surface area contributed by atoms with Gasteiger partial charge in [0.05, 0.1) is 17.8 Å². The molecule has 0 aliphatic heterocycles. The minimum absolute atomic E-state index is 0.0804. The Morgan fingerprint density at radius 2 is 1.86 bits per heavy atom. The normalized spacial score (nSPS) is 23.0. The standard InChI is InChI=1S/C26H22F2N6O2/c27-15-5-7-17(8-6-15)34-20(10-29)23(19-12-31-24-18(19)9-16(28)11-30-24)33-26(34)32-22-14-3-1-13(2-4-14)21(22)25(35)36/h5-9,11-14,21-22H,1-4H2,(H,30,31)(H,32,33)(H,35,36)/t13?,14?,21-,22?/m0/s1. The number of carboxylic acid groups (broad SMARTS) is 1. The second kappa shape index (κ2) is 8.45. The van der Waals surface area contributed by atoms with Crippen molar-refractivity contribution in [2.75, 3.05) is 5.32 Å². The van der Waals surface area contributed by atoms with Gasteiger partial charge in [-0.3, -0.25) is 9.36 Å². The fourth-order valence-corrected chi connectivity index (χ4v) is 5.99. The number of nitrogens with zero attached hydrogens (tertiary/aromatic N) is 4. The van der Waals surface area contributed by atoms with E-state index in [0.29, 0.717) is 22.3 Å². The number of imidazole rings is 1. The Morgan fingerprint density at radius 3 is 2.56 bits per heavy atom. The number of halogens is 2. The molecule has 1 unspecified atom stereocenters. The molecular weight excluding hydrogens is 466 g/mol. The largest absolute Gasteiger partial charge is 0.481 e. The lowest BCUT2D eigenvalue weighted by atomic mass is 9.61. The number of fused-ring (bicyclic) bond motifs is 4. The van der Waals surface area contributed by atoms with E-state index < -0.39 is 23.5 Å². The quantitative estimate of drug-likeness (QED) is 0.369. The highest BCUT2D eigenvalue weighted by molar-refractivity contribution is 5.94. The smallest absolute Gasteiger partial charge is 0.308 e. The predicted molar refractivity (Wildman–Crippen MR) is 127 cm³/mol. The van der Waals surface area contributed by atoms with E-state index >= 15 is 0 Å². The average Bonchev–Trinajstić information content (AvgIpc) is 3.45. The molecule has 0 saturated heterocycles. The third-order valence-corrected chi connectivity index (χ3v) is 7.62. The van der Waals surface area contributed by atoms with E-state index in [-0.39, 0.29) is 35.2 Å². The summed E-state index contributed by atoms with van der Waals surface area (Å²) in [5, 5.41) is 24.0. The molecule has 2 bridgehead atoms. The van der Waals surface area contributed by atoms with Crippen LogP contribution in [0.2, 0.25) is 0 Å². The Hall–Kier alpha value is -4.26. The molecule has 0 radical (unpaired) electrons. The highest BCUT2D eigenvalue weighted by atomic mass is 19.1. The second-order valence-corrected chi connectivity index (χ2v) is 9.52. The maximum atomic E-state index is 14.0. The van der Waals surface area contributed by atoms with Gasteiger partial charge in [0.2, 0.25) is 5.95 Å². The molecule has 4 aromatic rings. The van der Waals surface area contributed by atoms with Crippen molar-refractivity contribution in [1.29, 1.82) is 5.26 Å². The summed E-state index contributed by atoms with van der Waals surface area (Å²) >= 11 is 0. The van der Waals surface area contributed by atoms with E-state index in [1.165, 1.54) is 30.3 Å². The van der Waals surface area contributed by atoms with E-state index in [2.05, 4.69) is 21.4 Å². The molecule has 3 aliphatic rings. The van der Waals surface area contributed by atoms with Gasteiger partial charge < -0.3 is 15.4 Å². The van der Waals surface area contributed by atoms with Gasteiger partial charge in [-0.05, 0) is 67.9 Å². The van der Waals surface area contributed by atoms with E-state index in [1.807, 2.05) is 0 Å². The van der Waals surface area contributed by atoms with Gasteiger partial charge >= 0.3 is 5.97 Å². The monoisotopic (exact) mass is 488 g/mol. The van der Waals surface area contributed by atoms with Crippen LogP contribution in [0, 0.1) is 40.7 Å². The van der Waals surface area contributed by atoms with Gasteiger partial charge in [0.1, 0.15) is 29.0 Å². The molecule has 0 spiro atoms. The van der Waals surface area contributed by atoms with Crippen molar-refractivity contribution < 1.29 is 18.7 Å². The molecular formula is C26H22F2N6O2. The molecule has 3 aromatic heterocycles. The molecule has 7 rings (SSSR count). The molecule has 3 fully saturated rings. The highest BCUT2D eigenvalue weighted by Gasteiger charge is 2.47. The van der Waals surface area contributed by atoms with E-state index in [1.54, 1.807) is 10.8 Å². The van der Waals surface area contributed by atoms with E-state index in [0.717, 1.165) is 31.9 Å². The Labute approximate surface area is 204 Å². The number of H-pyrrole nitrogens is 1. The Kier molecular flexibility index (Phi) is 5.21. The van der Waals surface area contributed by atoms with Crippen molar-refractivity contribution in [3.63, 3.8) is 0 Å². The first-order valence-electron chi connectivity index (χ1n) is 11.9. The number of aromatic nitrogens is 4.